The summed E-state index contributed by atoms with van der Waals surface area (Å²) in [5.41, 5.74) is 4.30. The molecule has 136 valence electrons. The van der Waals surface area contributed by atoms with Crippen molar-refractivity contribution >= 4 is 23.8 Å². The molecule has 1 saturated heterocycles. The van der Waals surface area contributed by atoms with E-state index in [1.54, 1.807) is 17.0 Å². The van der Waals surface area contributed by atoms with Crippen molar-refractivity contribution in [2.75, 3.05) is 36.4 Å². The molecule has 2 aromatic rings. The number of carbonyl (C=O) groups excluding carboxylic acids is 2. The summed E-state index contributed by atoms with van der Waals surface area (Å²) in [6, 6.07) is 7.56. The molecule has 0 radical (unpaired) electrons. The van der Waals surface area contributed by atoms with Gasteiger partial charge in [-0.1, -0.05) is 17.7 Å². The molecule has 0 spiro atoms. The molecule has 0 unspecified atom stereocenters. The lowest BCUT2D eigenvalue weighted by Crippen LogP contribution is -2.46. The van der Waals surface area contributed by atoms with Gasteiger partial charge in [-0.2, -0.15) is 0 Å². The van der Waals surface area contributed by atoms with Gasteiger partial charge in [0.15, 0.2) is 11.5 Å². The number of hydrogen-bond acceptors (Lipinski definition) is 5. The van der Waals surface area contributed by atoms with Crippen molar-refractivity contribution in [2.24, 2.45) is 0 Å². The molecule has 2 heterocycles. The first-order valence-electron chi connectivity index (χ1n) is 8.65. The third kappa shape index (κ3) is 3.82. The zero-order valence-corrected chi connectivity index (χ0v) is 15.3. The fourth-order valence-corrected chi connectivity index (χ4v) is 3.23. The number of benzene rings is 1. The first kappa shape index (κ1) is 17.8. The number of carbonyl (C=O) groups is 2. The normalized spacial score (nSPS) is 14.3. The number of hydrogen-bond donors (Lipinski definition) is 1. The molecule has 0 aliphatic carbocycles. The monoisotopic (exact) mass is 353 g/mol. The largest absolute Gasteiger partial charge is 0.352 e. The van der Waals surface area contributed by atoms with E-state index < -0.39 is 0 Å². The topological polar surface area (TPSA) is 78.4 Å². The quantitative estimate of drug-likeness (QED) is 0.850. The lowest BCUT2D eigenvalue weighted by molar-refractivity contribution is -0.118. The van der Waals surface area contributed by atoms with Crippen molar-refractivity contribution in [3.05, 3.63) is 46.6 Å². The number of rotatable bonds is 4. The van der Waals surface area contributed by atoms with Crippen molar-refractivity contribution in [1.29, 1.82) is 0 Å². The molecular weight excluding hydrogens is 330 g/mol. The lowest BCUT2D eigenvalue weighted by atomic mass is 10.1. The average molecular weight is 353 g/mol. The number of nitrogens with one attached hydrogen (secondary N) is 1. The average Bonchev–Trinajstić information content (AvgIpc) is 2.64. The fraction of sp³-hybridized carbons (Fsp3) is 0.368. The number of aromatic nitrogens is 2. The smallest absolute Gasteiger partial charge is 0.276 e. The van der Waals surface area contributed by atoms with Gasteiger partial charge in [-0.05, 0) is 44.0 Å². The minimum atomic E-state index is -0.273. The highest BCUT2D eigenvalue weighted by molar-refractivity contribution is 6.03. The van der Waals surface area contributed by atoms with Crippen LogP contribution in [0.3, 0.4) is 0 Å². The van der Waals surface area contributed by atoms with Crippen LogP contribution in [0.15, 0.2) is 24.3 Å². The molecule has 1 fully saturated rings. The van der Waals surface area contributed by atoms with Crippen LogP contribution in [0.1, 0.15) is 27.2 Å². The van der Waals surface area contributed by atoms with E-state index >= 15 is 0 Å². The van der Waals surface area contributed by atoms with Gasteiger partial charge in [-0.15, -0.1) is 10.2 Å². The van der Waals surface area contributed by atoms with Gasteiger partial charge in [0.25, 0.3) is 5.91 Å². The van der Waals surface area contributed by atoms with E-state index in [0.717, 1.165) is 34.6 Å². The highest BCUT2D eigenvalue weighted by Gasteiger charge is 2.18. The van der Waals surface area contributed by atoms with E-state index in [4.69, 9.17) is 0 Å². The zero-order valence-electron chi connectivity index (χ0n) is 15.3. The second kappa shape index (κ2) is 7.51. The van der Waals surface area contributed by atoms with Crippen molar-refractivity contribution in [3.63, 3.8) is 0 Å². The molecule has 1 aromatic heterocycles. The first-order valence-corrected chi connectivity index (χ1v) is 8.65. The van der Waals surface area contributed by atoms with Gasteiger partial charge < -0.3 is 15.1 Å². The van der Waals surface area contributed by atoms with Gasteiger partial charge in [0, 0.05) is 31.9 Å². The number of piperazine rings is 1. The van der Waals surface area contributed by atoms with Gasteiger partial charge in [0.2, 0.25) is 6.41 Å². The molecule has 0 atom stereocenters. The van der Waals surface area contributed by atoms with Crippen LogP contribution in [0.4, 0.5) is 11.5 Å². The van der Waals surface area contributed by atoms with Gasteiger partial charge in [0.05, 0.1) is 0 Å². The Labute approximate surface area is 153 Å². The standard InChI is InChI=1S/C19H23N5O2/c1-13-10-14(2)18(15(3)11-13)20-19(26)16-4-5-17(22-21-16)24-8-6-23(12-25)7-9-24/h4-5,10-12H,6-9H2,1-3H3,(H,20,26). The molecule has 1 N–H and O–H groups in total. The van der Waals surface area contributed by atoms with E-state index in [-0.39, 0.29) is 11.6 Å². The summed E-state index contributed by atoms with van der Waals surface area (Å²) in [7, 11) is 0. The zero-order chi connectivity index (χ0) is 18.7. The van der Waals surface area contributed by atoms with E-state index in [1.165, 1.54) is 0 Å². The Morgan fingerprint density at radius 1 is 1.04 bits per heavy atom. The molecule has 0 saturated carbocycles. The van der Waals surface area contributed by atoms with Crippen molar-refractivity contribution in [1.82, 2.24) is 15.1 Å². The molecule has 0 bridgehead atoms. The van der Waals surface area contributed by atoms with Crippen LogP contribution >= 0.6 is 0 Å². The Hall–Kier alpha value is -2.96. The Morgan fingerprint density at radius 2 is 1.69 bits per heavy atom. The maximum atomic E-state index is 12.5. The maximum Gasteiger partial charge on any atom is 0.276 e. The summed E-state index contributed by atoms with van der Waals surface area (Å²) in [4.78, 5) is 27.1. The number of nitrogens with zero attached hydrogens (tertiary/aromatic N) is 4. The van der Waals surface area contributed by atoms with E-state index in [0.29, 0.717) is 26.2 Å². The molecule has 3 rings (SSSR count). The number of amides is 2. The maximum absolute atomic E-state index is 12.5. The number of anilines is 2. The van der Waals surface area contributed by atoms with Gasteiger partial charge in [-0.3, -0.25) is 9.59 Å². The minimum absolute atomic E-state index is 0.273. The summed E-state index contributed by atoms with van der Waals surface area (Å²) < 4.78 is 0. The van der Waals surface area contributed by atoms with Crippen molar-refractivity contribution in [3.8, 4) is 0 Å². The van der Waals surface area contributed by atoms with Crippen LogP contribution in [-0.2, 0) is 4.79 Å². The third-order valence-corrected chi connectivity index (χ3v) is 4.59. The molecule has 7 heteroatoms. The van der Waals surface area contributed by atoms with E-state index in [9.17, 15) is 9.59 Å². The van der Waals surface area contributed by atoms with Crippen LogP contribution < -0.4 is 10.2 Å². The first-order chi connectivity index (χ1) is 12.5. The summed E-state index contributed by atoms with van der Waals surface area (Å²) in [5, 5.41) is 11.2. The summed E-state index contributed by atoms with van der Waals surface area (Å²) >= 11 is 0. The summed E-state index contributed by atoms with van der Waals surface area (Å²) in [6.45, 7) is 8.73. The Bertz CT molecular complexity index is 788. The summed E-state index contributed by atoms with van der Waals surface area (Å²) in [6.07, 6.45) is 0.867. The van der Waals surface area contributed by atoms with Gasteiger partial charge in [-0.25, -0.2) is 0 Å². The van der Waals surface area contributed by atoms with Crippen LogP contribution in [0.5, 0.6) is 0 Å². The second-order valence-electron chi connectivity index (χ2n) is 6.63. The summed E-state index contributed by atoms with van der Waals surface area (Å²) in [5.74, 6) is 0.444. The van der Waals surface area contributed by atoms with Crippen molar-refractivity contribution in [2.45, 2.75) is 20.8 Å². The Morgan fingerprint density at radius 3 is 2.23 bits per heavy atom. The predicted octanol–water partition coefficient (Wildman–Crippen LogP) is 1.93. The fourth-order valence-electron chi connectivity index (χ4n) is 3.23. The third-order valence-electron chi connectivity index (χ3n) is 4.59. The Balaban J connectivity index is 1.69. The molecular formula is C19H23N5O2. The van der Waals surface area contributed by atoms with E-state index in [1.807, 2.05) is 32.9 Å². The lowest BCUT2D eigenvalue weighted by Gasteiger charge is -2.32. The second-order valence-corrected chi connectivity index (χ2v) is 6.63. The van der Waals surface area contributed by atoms with Gasteiger partial charge in [0.1, 0.15) is 0 Å². The molecule has 1 aliphatic rings. The Kier molecular flexibility index (Phi) is 5.16. The van der Waals surface area contributed by atoms with Crippen molar-refractivity contribution < 1.29 is 9.59 Å². The van der Waals surface area contributed by atoms with Crippen LogP contribution in [0, 0.1) is 20.8 Å². The highest BCUT2D eigenvalue weighted by Crippen LogP contribution is 2.22. The van der Waals surface area contributed by atoms with E-state index in [2.05, 4.69) is 20.4 Å². The molecule has 26 heavy (non-hydrogen) atoms. The number of aryl methyl sites for hydroxylation is 3. The predicted molar refractivity (Wildman–Crippen MR) is 100 cm³/mol. The van der Waals surface area contributed by atoms with Crippen LogP contribution in [0.25, 0.3) is 0 Å². The molecule has 2 amide bonds. The molecule has 7 nitrogen and oxygen atoms in total. The van der Waals surface area contributed by atoms with Crippen LogP contribution in [0.2, 0.25) is 0 Å². The molecule has 1 aliphatic heterocycles. The van der Waals surface area contributed by atoms with Crippen LogP contribution in [-0.4, -0.2) is 53.6 Å². The SMILES string of the molecule is Cc1cc(C)c(NC(=O)c2ccc(N3CCN(C=O)CC3)nn2)c(C)c1. The highest BCUT2D eigenvalue weighted by atomic mass is 16.2. The van der Waals surface area contributed by atoms with Gasteiger partial charge >= 0.3 is 0 Å². The minimum Gasteiger partial charge on any atom is -0.352 e. The molecule has 1 aromatic carbocycles.